The van der Waals surface area contributed by atoms with E-state index in [1.807, 2.05) is 0 Å². The average molecular weight is 204 g/mol. The highest BCUT2D eigenvalue weighted by molar-refractivity contribution is 9.09. The van der Waals surface area contributed by atoms with E-state index in [2.05, 4.69) is 15.9 Å². The second-order valence-electron chi connectivity index (χ2n) is 1.11. The molecule has 0 rings (SSSR count). The first-order chi connectivity index (χ1) is 3.13. The highest BCUT2D eigenvalue weighted by Gasteiger charge is 2.00. The number of carboxylic acids is 1. The van der Waals surface area contributed by atoms with Crippen molar-refractivity contribution < 1.29 is 9.90 Å². The maximum Gasteiger partial charge on any atom is 0.305 e. The number of aliphatic carboxylic acids is 1. The molecule has 0 fully saturated rings. The summed E-state index contributed by atoms with van der Waals surface area (Å²) in [5.74, 6) is -0.885. The highest BCUT2D eigenvalue weighted by atomic mass is 79.9. The number of hydrogen-bond donors (Lipinski definition) is 2. The second kappa shape index (κ2) is 5.34. The van der Waals surface area contributed by atoms with Crippen LogP contribution in [0.15, 0.2) is 0 Å². The molecule has 0 saturated heterocycles. The van der Waals surface area contributed by atoms with E-state index in [4.69, 9.17) is 10.8 Å². The molecule has 0 aromatic rings. The van der Waals surface area contributed by atoms with Gasteiger partial charge in [0.15, 0.2) is 0 Å². The molecule has 0 aromatic heterocycles. The van der Waals surface area contributed by atoms with Crippen LogP contribution in [0.4, 0.5) is 0 Å². The lowest BCUT2D eigenvalue weighted by atomic mass is 10.4. The van der Waals surface area contributed by atoms with Crippen LogP contribution in [0.25, 0.3) is 0 Å². The Balaban J connectivity index is 0. The number of carboxylic acid groups (broad SMARTS) is 1. The topological polar surface area (TPSA) is 63.3 Å². The van der Waals surface area contributed by atoms with Gasteiger partial charge in [-0.15, -0.1) is 12.4 Å². The molecule has 0 bridgehead atoms. The Morgan fingerprint density at radius 1 is 1.88 bits per heavy atom. The summed E-state index contributed by atoms with van der Waals surface area (Å²) in [7, 11) is 0. The molecule has 50 valence electrons. The molecule has 5 heteroatoms. The summed E-state index contributed by atoms with van der Waals surface area (Å²) in [5.41, 5.74) is 5.03. The normalized spacial score (nSPS) is 11.8. The molecule has 0 saturated carbocycles. The largest absolute Gasteiger partial charge is 0.481 e. The maximum atomic E-state index is 9.70. The summed E-state index contributed by atoms with van der Waals surface area (Å²) >= 11 is 2.87. The van der Waals surface area contributed by atoms with E-state index in [-0.39, 0.29) is 18.8 Å². The van der Waals surface area contributed by atoms with Gasteiger partial charge in [0, 0.05) is 0 Å². The minimum absolute atomic E-state index is 0. The molecular formula is C3H7BrClNO2. The van der Waals surface area contributed by atoms with Gasteiger partial charge in [-0.25, -0.2) is 0 Å². The molecule has 0 radical (unpaired) electrons. The molecular weight excluding hydrogens is 197 g/mol. The first-order valence-electron chi connectivity index (χ1n) is 1.74. The van der Waals surface area contributed by atoms with Gasteiger partial charge in [-0.3, -0.25) is 4.79 Å². The van der Waals surface area contributed by atoms with E-state index in [1.165, 1.54) is 0 Å². The van der Waals surface area contributed by atoms with Crippen LogP contribution in [0.2, 0.25) is 0 Å². The molecule has 3 nitrogen and oxygen atoms in total. The zero-order valence-electron chi connectivity index (χ0n) is 4.00. The van der Waals surface area contributed by atoms with Gasteiger partial charge in [0.1, 0.15) is 0 Å². The molecule has 8 heavy (non-hydrogen) atoms. The Kier molecular flexibility index (Phi) is 7.38. The standard InChI is InChI=1S/C3H6BrNO2.ClH/c4-2(5)1-3(6)7;/h2H,1,5H2,(H,6,7);1H. The fourth-order valence-electron chi connectivity index (χ4n) is 0.167. The summed E-state index contributed by atoms with van der Waals surface area (Å²) in [5, 5.41) is 7.97. The fraction of sp³-hybridized carbons (Fsp3) is 0.667. The Hall–Kier alpha value is 0.200. The Morgan fingerprint density at radius 3 is 2.25 bits per heavy atom. The van der Waals surface area contributed by atoms with Gasteiger partial charge in [0.05, 0.1) is 11.4 Å². The van der Waals surface area contributed by atoms with Gasteiger partial charge >= 0.3 is 5.97 Å². The summed E-state index contributed by atoms with van der Waals surface area (Å²) in [6.07, 6.45) is -0.0278. The number of nitrogens with two attached hydrogens (primary N) is 1. The van der Waals surface area contributed by atoms with Gasteiger partial charge < -0.3 is 10.8 Å². The number of rotatable bonds is 2. The molecule has 0 heterocycles. The summed E-state index contributed by atoms with van der Waals surface area (Å²) < 4.78 is 0. The second-order valence-corrected chi connectivity index (χ2v) is 2.29. The summed E-state index contributed by atoms with van der Waals surface area (Å²) in [4.78, 5) is 9.29. The third kappa shape index (κ3) is 9.50. The van der Waals surface area contributed by atoms with Crippen LogP contribution in [0.3, 0.4) is 0 Å². The van der Waals surface area contributed by atoms with Crippen LogP contribution in [0.5, 0.6) is 0 Å². The highest BCUT2D eigenvalue weighted by Crippen LogP contribution is 1.94. The number of hydrogen-bond acceptors (Lipinski definition) is 2. The minimum atomic E-state index is -0.885. The Labute approximate surface area is 61.8 Å². The fourth-order valence-corrected chi connectivity index (χ4v) is 0.444. The predicted octanol–water partition coefficient (Wildman–Crippen LogP) is 0.563. The summed E-state index contributed by atoms with van der Waals surface area (Å²) in [6.45, 7) is 0. The molecule has 1 unspecified atom stereocenters. The van der Waals surface area contributed by atoms with E-state index in [9.17, 15) is 4.79 Å². The Morgan fingerprint density at radius 2 is 2.25 bits per heavy atom. The van der Waals surface area contributed by atoms with Crippen LogP contribution >= 0.6 is 28.3 Å². The predicted molar refractivity (Wildman–Crippen MR) is 36.4 cm³/mol. The minimum Gasteiger partial charge on any atom is -0.481 e. The van der Waals surface area contributed by atoms with Crippen molar-refractivity contribution in [1.82, 2.24) is 0 Å². The van der Waals surface area contributed by atoms with Gasteiger partial charge in [-0.05, 0) is 0 Å². The van der Waals surface area contributed by atoms with Crippen LogP contribution in [-0.2, 0) is 4.79 Å². The van der Waals surface area contributed by atoms with E-state index in [1.54, 1.807) is 0 Å². The van der Waals surface area contributed by atoms with E-state index >= 15 is 0 Å². The lowest BCUT2D eigenvalue weighted by Crippen LogP contribution is -2.15. The SMILES string of the molecule is Cl.NC(Br)CC(=O)O. The smallest absolute Gasteiger partial charge is 0.305 e. The lowest BCUT2D eigenvalue weighted by Gasteiger charge is -1.93. The van der Waals surface area contributed by atoms with E-state index < -0.39 is 10.9 Å². The van der Waals surface area contributed by atoms with Crippen molar-refractivity contribution in [3.05, 3.63) is 0 Å². The van der Waals surface area contributed by atoms with Crippen LogP contribution in [-0.4, -0.2) is 16.0 Å². The molecule has 0 spiro atoms. The first-order valence-corrected chi connectivity index (χ1v) is 2.66. The van der Waals surface area contributed by atoms with Crippen molar-refractivity contribution in [1.29, 1.82) is 0 Å². The number of halogens is 2. The van der Waals surface area contributed by atoms with Gasteiger partial charge in [-0.2, -0.15) is 0 Å². The van der Waals surface area contributed by atoms with Crippen molar-refractivity contribution in [2.45, 2.75) is 11.4 Å². The van der Waals surface area contributed by atoms with E-state index in [0.717, 1.165) is 0 Å². The van der Waals surface area contributed by atoms with Crippen molar-refractivity contribution >= 4 is 34.3 Å². The summed E-state index contributed by atoms with van der Waals surface area (Å²) in [6, 6.07) is 0. The van der Waals surface area contributed by atoms with Gasteiger partial charge in [0.2, 0.25) is 0 Å². The van der Waals surface area contributed by atoms with Crippen LogP contribution < -0.4 is 5.73 Å². The maximum absolute atomic E-state index is 9.70. The molecule has 3 N–H and O–H groups in total. The molecule has 1 atom stereocenters. The molecule has 0 aliphatic carbocycles. The Bertz CT molecular complexity index is 77.7. The lowest BCUT2D eigenvalue weighted by molar-refractivity contribution is -0.136. The van der Waals surface area contributed by atoms with Gasteiger partial charge in [-0.1, -0.05) is 15.9 Å². The first kappa shape index (κ1) is 11.1. The third-order valence-electron chi connectivity index (χ3n) is 0.370. The molecule has 0 aromatic carbocycles. The molecule has 0 aliphatic heterocycles. The molecule has 0 aliphatic rings. The third-order valence-corrected chi connectivity index (χ3v) is 0.693. The molecule has 0 amide bonds. The quantitative estimate of drug-likeness (QED) is 0.510. The van der Waals surface area contributed by atoms with Crippen molar-refractivity contribution in [2.24, 2.45) is 5.73 Å². The zero-order chi connectivity index (χ0) is 5.86. The van der Waals surface area contributed by atoms with Crippen LogP contribution in [0.1, 0.15) is 6.42 Å². The van der Waals surface area contributed by atoms with Gasteiger partial charge in [0.25, 0.3) is 0 Å². The zero-order valence-corrected chi connectivity index (χ0v) is 6.41. The monoisotopic (exact) mass is 203 g/mol. The van der Waals surface area contributed by atoms with Crippen molar-refractivity contribution in [2.75, 3.05) is 0 Å². The number of carbonyl (C=O) groups is 1. The van der Waals surface area contributed by atoms with Crippen molar-refractivity contribution in [3.8, 4) is 0 Å². The van der Waals surface area contributed by atoms with Crippen LogP contribution in [0, 0.1) is 0 Å². The number of alkyl halides is 1. The average Bonchev–Trinajstić information content (AvgIpc) is 1.27. The van der Waals surface area contributed by atoms with Crippen molar-refractivity contribution in [3.63, 3.8) is 0 Å². The van der Waals surface area contributed by atoms with E-state index in [0.29, 0.717) is 0 Å².